The number of carbonyl (C=O) groups excluding carboxylic acids is 2. The zero-order valence-corrected chi connectivity index (χ0v) is 9.28. The molecule has 2 heterocycles. The van der Waals surface area contributed by atoms with E-state index in [0.29, 0.717) is 13.1 Å². The number of nitrogens with one attached hydrogen (secondary N) is 2. The van der Waals surface area contributed by atoms with Gasteiger partial charge in [0, 0.05) is 13.1 Å². The Morgan fingerprint density at radius 3 is 1.87 bits per heavy atom. The topological polar surface area (TPSA) is 58.2 Å². The Morgan fingerprint density at radius 2 is 1.40 bits per heavy atom. The van der Waals surface area contributed by atoms with Gasteiger partial charge in [0.15, 0.2) is 0 Å². The number of halogens is 1. The molecule has 2 unspecified atom stereocenters. The fraction of sp³-hybridized carbons (Fsp3) is 0.800. The number of imide groups is 1. The normalized spacial score (nSPS) is 42.9. The lowest BCUT2D eigenvalue weighted by molar-refractivity contribution is -0.133. The van der Waals surface area contributed by atoms with Gasteiger partial charge in [-0.2, -0.15) is 0 Å². The monoisotopic (exact) mass is 230 g/mol. The highest BCUT2D eigenvalue weighted by atomic mass is 35.5. The molecule has 3 aliphatic rings. The van der Waals surface area contributed by atoms with Gasteiger partial charge in [-0.15, -0.1) is 12.4 Å². The van der Waals surface area contributed by atoms with E-state index in [1.807, 2.05) is 0 Å². The molecule has 15 heavy (non-hydrogen) atoms. The van der Waals surface area contributed by atoms with E-state index in [4.69, 9.17) is 0 Å². The minimum atomic E-state index is -0.400. The summed E-state index contributed by atoms with van der Waals surface area (Å²) in [6.45, 7) is 1.37. The number of hydrogen-bond acceptors (Lipinski definition) is 3. The zero-order chi connectivity index (χ0) is 9.81. The fourth-order valence-electron chi connectivity index (χ4n) is 3.50. The summed E-state index contributed by atoms with van der Waals surface area (Å²) in [5.74, 6) is -0.0700. The van der Waals surface area contributed by atoms with Crippen LogP contribution in [0.4, 0.5) is 0 Å². The molecule has 1 saturated carbocycles. The number of amides is 2. The molecule has 2 saturated heterocycles. The van der Waals surface area contributed by atoms with Crippen LogP contribution in [-0.4, -0.2) is 24.9 Å². The lowest BCUT2D eigenvalue weighted by Gasteiger charge is -2.38. The molecule has 0 radical (unpaired) electrons. The highest BCUT2D eigenvalue weighted by Crippen LogP contribution is 2.56. The van der Waals surface area contributed by atoms with Crippen molar-refractivity contribution in [2.45, 2.75) is 25.7 Å². The van der Waals surface area contributed by atoms with Crippen molar-refractivity contribution < 1.29 is 9.59 Å². The van der Waals surface area contributed by atoms with Crippen molar-refractivity contribution in [1.82, 2.24) is 10.6 Å². The van der Waals surface area contributed by atoms with Gasteiger partial charge in [0.05, 0.1) is 10.8 Å². The van der Waals surface area contributed by atoms with Crippen LogP contribution in [0, 0.1) is 10.8 Å². The standard InChI is InChI=1S/C10H14N2O2.ClH/c13-7-9-3-1-2-4-10(9,6-11-5-9)8(14)12-7;/h11H,1-6H2,(H,12,13,14);1H. The lowest BCUT2D eigenvalue weighted by Crippen LogP contribution is -2.46. The SMILES string of the molecule is Cl.O=C1NC(=O)C23CCCCC12CNC3. The van der Waals surface area contributed by atoms with Crippen molar-refractivity contribution in [2.75, 3.05) is 13.1 Å². The first-order valence-electron chi connectivity index (χ1n) is 5.28. The Hall–Kier alpha value is -0.610. The molecule has 2 aliphatic heterocycles. The molecule has 2 amide bonds. The Balaban J connectivity index is 0.000000853. The second-order valence-corrected chi connectivity index (χ2v) is 4.76. The van der Waals surface area contributed by atoms with E-state index < -0.39 is 10.8 Å². The highest BCUT2D eigenvalue weighted by molar-refractivity contribution is 6.10. The van der Waals surface area contributed by atoms with Gasteiger partial charge in [-0.1, -0.05) is 12.8 Å². The summed E-state index contributed by atoms with van der Waals surface area (Å²) < 4.78 is 0. The molecule has 2 N–H and O–H groups in total. The molecule has 0 spiro atoms. The van der Waals surface area contributed by atoms with Gasteiger partial charge in [-0.05, 0) is 12.8 Å². The molecule has 0 aromatic rings. The van der Waals surface area contributed by atoms with Crippen molar-refractivity contribution in [1.29, 1.82) is 0 Å². The van der Waals surface area contributed by atoms with Crippen LogP contribution < -0.4 is 10.6 Å². The first-order chi connectivity index (χ1) is 6.71. The Morgan fingerprint density at radius 1 is 0.933 bits per heavy atom. The van der Waals surface area contributed by atoms with E-state index in [-0.39, 0.29) is 24.2 Å². The van der Waals surface area contributed by atoms with Crippen LogP contribution in [0.5, 0.6) is 0 Å². The smallest absolute Gasteiger partial charge is 0.235 e. The summed E-state index contributed by atoms with van der Waals surface area (Å²) in [7, 11) is 0. The van der Waals surface area contributed by atoms with E-state index in [9.17, 15) is 9.59 Å². The van der Waals surface area contributed by atoms with E-state index in [1.165, 1.54) is 0 Å². The Kier molecular flexibility index (Phi) is 2.32. The van der Waals surface area contributed by atoms with Gasteiger partial charge >= 0.3 is 0 Å². The molecule has 3 fully saturated rings. The van der Waals surface area contributed by atoms with Gasteiger partial charge < -0.3 is 5.32 Å². The first-order valence-corrected chi connectivity index (χ1v) is 5.28. The first kappa shape index (κ1) is 10.9. The minimum absolute atomic E-state index is 0. The summed E-state index contributed by atoms with van der Waals surface area (Å²) in [5.41, 5.74) is -0.801. The minimum Gasteiger partial charge on any atom is -0.315 e. The van der Waals surface area contributed by atoms with Crippen LogP contribution in [0.25, 0.3) is 0 Å². The van der Waals surface area contributed by atoms with Crippen LogP contribution in [0.3, 0.4) is 0 Å². The van der Waals surface area contributed by atoms with Crippen molar-refractivity contribution >= 4 is 24.2 Å². The van der Waals surface area contributed by atoms with Gasteiger partial charge in [0.25, 0.3) is 0 Å². The fourth-order valence-corrected chi connectivity index (χ4v) is 3.50. The summed E-state index contributed by atoms with van der Waals surface area (Å²) in [5, 5.41) is 5.75. The van der Waals surface area contributed by atoms with Crippen LogP contribution in [0.1, 0.15) is 25.7 Å². The van der Waals surface area contributed by atoms with Crippen molar-refractivity contribution in [3.63, 3.8) is 0 Å². The molecule has 4 nitrogen and oxygen atoms in total. The number of rotatable bonds is 0. The maximum atomic E-state index is 11.8. The average molecular weight is 231 g/mol. The molecule has 2 atom stereocenters. The third-order valence-corrected chi connectivity index (χ3v) is 4.32. The van der Waals surface area contributed by atoms with E-state index in [1.54, 1.807) is 0 Å². The second kappa shape index (κ2) is 3.19. The van der Waals surface area contributed by atoms with Crippen LogP contribution in [-0.2, 0) is 9.59 Å². The second-order valence-electron chi connectivity index (χ2n) is 4.76. The third kappa shape index (κ3) is 1.01. The van der Waals surface area contributed by atoms with E-state index >= 15 is 0 Å². The van der Waals surface area contributed by atoms with Crippen molar-refractivity contribution in [2.24, 2.45) is 10.8 Å². The summed E-state index contributed by atoms with van der Waals surface area (Å²) >= 11 is 0. The molecular weight excluding hydrogens is 216 g/mol. The molecule has 5 heteroatoms. The van der Waals surface area contributed by atoms with E-state index in [0.717, 1.165) is 25.7 Å². The molecule has 0 bridgehead atoms. The molecular formula is C10H15ClN2O2. The predicted molar refractivity (Wildman–Crippen MR) is 56.6 cm³/mol. The predicted octanol–water partition coefficient (Wildman–Crippen LogP) is 0.215. The van der Waals surface area contributed by atoms with Crippen LogP contribution in [0.2, 0.25) is 0 Å². The molecule has 3 rings (SSSR count). The van der Waals surface area contributed by atoms with Gasteiger partial charge in [0.1, 0.15) is 0 Å². The zero-order valence-electron chi connectivity index (χ0n) is 8.47. The summed E-state index contributed by atoms with van der Waals surface area (Å²) in [6, 6.07) is 0. The Bertz CT molecular complexity index is 303. The van der Waals surface area contributed by atoms with Gasteiger partial charge in [-0.25, -0.2) is 0 Å². The number of carbonyl (C=O) groups is 2. The average Bonchev–Trinajstić information content (AvgIpc) is 2.66. The van der Waals surface area contributed by atoms with E-state index in [2.05, 4.69) is 10.6 Å². The quantitative estimate of drug-likeness (QED) is 0.585. The molecule has 0 aromatic heterocycles. The van der Waals surface area contributed by atoms with Crippen molar-refractivity contribution in [3.05, 3.63) is 0 Å². The Labute approximate surface area is 94.6 Å². The molecule has 1 aliphatic carbocycles. The maximum absolute atomic E-state index is 11.8. The molecule has 84 valence electrons. The lowest BCUT2D eigenvalue weighted by atomic mass is 9.59. The van der Waals surface area contributed by atoms with Gasteiger partial charge in [0.2, 0.25) is 11.8 Å². The maximum Gasteiger partial charge on any atom is 0.235 e. The highest BCUT2D eigenvalue weighted by Gasteiger charge is 2.68. The summed E-state index contributed by atoms with van der Waals surface area (Å²) in [4.78, 5) is 23.7. The van der Waals surface area contributed by atoms with Crippen LogP contribution >= 0.6 is 12.4 Å². The summed E-state index contributed by atoms with van der Waals surface area (Å²) in [6.07, 6.45) is 3.89. The largest absolute Gasteiger partial charge is 0.315 e. The van der Waals surface area contributed by atoms with Crippen LogP contribution in [0.15, 0.2) is 0 Å². The number of hydrogen-bond donors (Lipinski definition) is 2. The third-order valence-electron chi connectivity index (χ3n) is 4.32. The van der Waals surface area contributed by atoms with Crippen molar-refractivity contribution in [3.8, 4) is 0 Å². The van der Waals surface area contributed by atoms with Gasteiger partial charge in [-0.3, -0.25) is 14.9 Å². The molecule has 0 aromatic carbocycles.